The quantitative estimate of drug-likeness (QED) is 0.264. The first-order chi connectivity index (χ1) is 20.6. The maximum Gasteiger partial charge on any atom is 0.471 e. The second-order valence-electron chi connectivity index (χ2n) is 10.8. The summed E-state index contributed by atoms with van der Waals surface area (Å²) in [7, 11) is 0. The number of primary amides is 1. The number of nitrogens with two attached hydrogens (primary N) is 1. The number of carbonyl (C=O) groups is 4. The van der Waals surface area contributed by atoms with Crippen LogP contribution < -0.4 is 15.8 Å². The van der Waals surface area contributed by atoms with Gasteiger partial charge in [0.05, 0.1) is 12.2 Å². The largest absolute Gasteiger partial charge is 0.508 e. The molecule has 3 atom stereocenters. The summed E-state index contributed by atoms with van der Waals surface area (Å²) in [4.78, 5) is 49.5. The minimum Gasteiger partial charge on any atom is -0.508 e. The van der Waals surface area contributed by atoms with Gasteiger partial charge in [-0.25, -0.2) is 0 Å². The molecule has 0 radical (unpaired) electrons. The standard InChI is InChI=1S/C30H27F3N2O9/c1-2-44-20-6-3-12(7-14(20)11-35-28(42)30(31,32)33)16-4-5-18(36)22-17(16)9-13-8-15-10-19(37)23(27(34)41)26(40)29(15,43)25(39)21(13)24(22)38/h3-7,13,15,36,38,40,43H,2,8-11H2,1H3,(H2,34,41)(H,35,42). The van der Waals surface area contributed by atoms with Gasteiger partial charge in [0.2, 0.25) is 5.78 Å². The number of benzene rings is 2. The number of aliphatic hydroxyl groups is 3. The Hall–Kier alpha value is -4.85. The molecule has 0 saturated heterocycles. The lowest BCUT2D eigenvalue weighted by Crippen LogP contribution is -2.58. The fraction of sp³-hybridized carbons (Fsp3) is 0.333. The number of phenols is 1. The second kappa shape index (κ2) is 10.7. The van der Waals surface area contributed by atoms with E-state index in [1.807, 2.05) is 5.32 Å². The summed E-state index contributed by atoms with van der Waals surface area (Å²) in [6.07, 6.45) is -5.62. The number of aromatic hydroxyl groups is 1. The number of fused-ring (bicyclic) bond motifs is 3. The number of aliphatic hydroxyl groups excluding tert-OH is 2. The first kappa shape index (κ1) is 30.6. The van der Waals surface area contributed by atoms with Crippen LogP contribution in [0.25, 0.3) is 16.9 Å². The number of nitrogens with one attached hydrogen (secondary N) is 1. The molecule has 2 amide bonds. The fourth-order valence-corrected chi connectivity index (χ4v) is 6.35. The van der Waals surface area contributed by atoms with Crippen molar-refractivity contribution in [2.45, 2.75) is 44.5 Å². The molecule has 5 rings (SSSR count). The number of ether oxygens (including phenoxy) is 1. The molecule has 3 aliphatic carbocycles. The van der Waals surface area contributed by atoms with E-state index in [1.54, 1.807) is 13.0 Å². The van der Waals surface area contributed by atoms with E-state index in [-0.39, 0.29) is 41.9 Å². The van der Waals surface area contributed by atoms with Crippen LogP contribution in [0.3, 0.4) is 0 Å². The molecule has 0 spiro atoms. The Morgan fingerprint density at radius 3 is 2.45 bits per heavy atom. The van der Waals surface area contributed by atoms with E-state index < -0.39 is 82.8 Å². The zero-order valence-corrected chi connectivity index (χ0v) is 23.1. The van der Waals surface area contributed by atoms with Crippen molar-refractivity contribution in [3.8, 4) is 22.6 Å². The number of alkyl halides is 3. The summed E-state index contributed by atoms with van der Waals surface area (Å²) in [5.74, 6) is -9.44. The molecule has 11 nitrogen and oxygen atoms in total. The van der Waals surface area contributed by atoms with Crippen LogP contribution in [0.1, 0.15) is 36.5 Å². The number of rotatable bonds is 6. The van der Waals surface area contributed by atoms with Crippen molar-refractivity contribution in [3.05, 3.63) is 63.9 Å². The van der Waals surface area contributed by atoms with Gasteiger partial charge in [-0.2, -0.15) is 13.2 Å². The van der Waals surface area contributed by atoms with Crippen LogP contribution in [0.5, 0.6) is 11.5 Å². The van der Waals surface area contributed by atoms with Gasteiger partial charge in [0.25, 0.3) is 5.91 Å². The highest BCUT2D eigenvalue weighted by molar-refractivity contribution is 6.22. The number of ketones is 2. The fourth-order valence-electron chi connectivity index (χ4n) is 6.35. The van der Waals surface area contributed by atoms with E-state index in [0.717, 1.165) is 0 Å². The number of halogens is 3. The van der Waals surface area contributed by atoms with Crippen LogP contribution >= 0.6 is 0 Å². The predicted octanol–water partition coefficient (Wildman–Crippen LogP) is 2.67. The Morgan fingerprint density at radius 2 is 1.82 bits per heavy atom. The van der Waals surface area contributed by atoms with Gasteiger partial charge in [-0.15, -0.1) is 0 Å². The third-order valence-electron chi connectivity index (χ3n) is 8.32. The number of hydrogen-bond donors (Lipinski definition) is 6. The zero-order valence-electron chi connectivity index (χ0n) is 23.1. The van der Waals surface area contributed by atoms with E-state index in [9.17, 15) is 52.8 Å². The second-order valence-corrected chi connectivity index (χ2v) is 10.8. The van der Waals surface area contributed by atoms with Crippen LogP contribution in [0.4, 0.5) is 13.2 Å². The van der Waals surface area contributed by atoms with Gasteiger partial charge < -0.3 is 36.2 Å². The normalized spacial score (nSPS) is 23.1. The molecule has 2 aromatic carbocycles. The molecule has 0 aromatic heterocycles. The molecule has 14 heteroatoms. The van der Waals surface area contributed by atoms with Crippen LogP contribution in [0.2, 0.25) is 0 Å². The van der Waals surface area contributed by atoms with E-state index in [0.29, 0.717) is 16.7 Å². The molecule has 0 bridgehead atoms. The lowest BCUT2D eigenvalue weighted by Gasteiger charge is -2.46. The van der Waals surface area contributed by atoms with Crippen molar-refractivity contribution < 1.29 is 57.5 Å². The van der Waals surface area contributed by atoms with Gasteiger partial charge in [-0.1, -0.05) is 12.1 Å². The van der Waals surface area contributed by atoms with Gasteiger partial charge in [-0.05, 0) is 60.6 Å². The lowest BCUT2D eigenvalue weighted by molar-refractivity contribution is -0.173. The van der Waals surface area contributed by atoms with Crippen LogP contribution in [0.15, 0.2) is 47.2 Å². The monoisotopic (exact) mass is 616 g/mol. The predicted molar refractivity (Wildman–Crippen MR) is 146 cm³/mol. The molecule has 3 unspecified atom stereocenters. The topological polar surface area (TPSA) is 196 Å². The Morgan fingerprint density at radius 1 is 1.11 bits per heavy atom. The molecular formula is C30H27F3N2O9. The third-order valence-corrected chi connectivity index (χ3v) is 8.32. The van der Waals surface area contributed by atoms with Gasteiger partial charge in [0.15, 0.2) is 11.4 Å². The summed E-state index contributed by atoms with van der Waals surface area (Å²) in [6, 6.07) is 7.34. The minimum absolute atomic E-state index is 0.0193. The van der Waals surface area contributed by atoms with Gasteiger partial charge >= 0.3 is 12.1 Å². The Kier molecular flexibility index (Phi) is 7.44. The highest BCUT2D eigenvalue weighted by Gasteiger charge is 2.60. The molecular weight excluding hydrogens is 589 g/mol. The van der Waals surface area contributed by atoms with Crippen molar-refractivity contribution in [1.29, 1.82) is 0 Å². The van der Waals surface area contributed by atoms with E-state index in [1.165, 1.54) is 24.3 Å². The average molecular weight is 617 g/mol. The van der Waals surface area contributed by atoms with Crippen molar-refractivity contribution >= 4 is 29.1 Å². The summed E-state index contributed by atoms with van der Waals surface area (Å²) in [5, 5.41) is 46.0. The SMILES string of the molecule is CCOc1ccc(-c2ccc(O)c3c2CC2CC4CC(=O)C(C(N)=O)=C(O)C4(O)C(=O)C2=C3O)cc1CNC(=O)C(F)(F)F. The summed E-state index contributed by atoms with van der Waals surface area (Å²) < 4.78 is 43.9. The Bertz CT molecular complexity index is 1690. The molecule has 3 aliphatic rings. The molecule has 1 saturated carbocycles. The van der Waals surface area contributed by atoms with E-state index in [4.69, 9.17) is 10.5 Å². The highest BCUT2D eigenvalue weighted by Crippen LogP contribution is 2.53. The van der Waals surface area contributed by atoms with Crippen LogP contribution in [0, 0.1) is 11.8 Å². The molecule has 2 aromatic rings. The van der Waals surface area contributed by atoms with Crippen molar-refractivity contribution in [2.75, 3.05) is 6.61 Å². The van der Waals surface area contributed by atoms with Crippen LogP contribution in [-0.4, -0.2) is 62.2 Å². The summed E-state index contributed by atoms with van der Waals surface area (Å²) in [5.41, 5.74) is 2.59. The molecule has 1 fully saturated rings. The number of Topliss-reactive ketones (excluding diaryl/α,β-unsaturated/α-hetero) is 2. The summed E-state index contributed by atoms with van der Waals surface area (Å²) >= 11 is 0. The molecule has 232 valence electrons. The van der Waals surface area contributed by atoms with Crippen LogP contribution in [-0.2, 0) is 32.1 Å². The smallest absolute Gasteiger partial charge is 0.471 e. The Labute approximate surface area is 247 Å². The van der Waals surface area contributed by atoms with Gasteiger partial charge in [0, 0.05) is 30.0 Å². The first-order valence-corrected chi connectivity index (χ1v) is 13.5. The number of carbonyl (C=O) groups excluding carboxylic acids is 4. The number of amides is 2. The maximum absolute atomic E-state index is 13.7. The Balaban J connectivity index is 1.61. The third kappa shape index (κ3) is 4.75. The molecule has 0 heterocycles. The van der Waals surface area contributed by atoms with Crippen molar-refractivity contribution in [2.24, 2.45) is 17.6 Å². The number of hydrogen-bond acceptors (Lipinski definition) is 9. The number of phenolic OH excluding ortho intramolecular Hbond substituents is 1. The molecule has 44 heavy (non-hydrogen) atoms. The van der Waals surface area contributed by atoms with Gasteiger partial charge in [0.1, 0.15) is 28.6 Å². The summed E-state index contributed by atoms with van der Waals surface area (Å²) in [6.45, 7) is 1.34. The molecule has 0 aliphatic heterocycles. The van der Waals surface area contributed by atoms with E-state index in [2.05, 4.69) is 0 Å². The average Bonchev–Trinajstić information content (AvgIpc) is 2.94. The van der Waals surface area contributed by atoms with Gasteiger partial charge in [-0.3, -0.25) is 19.2 Å². The van der Waals surface area contributed by atoms with E-state index >= 15 is 0 Å². The van der Waals surface area contributed by atoms with Crippen molar-refractivity contribution in [3.63, 3.8) is 0 Å². The first-order valence-electron chi connectivity index (χ1n) is 13.5. The van der Waals surface area contributed by atoms with Crippen molar-refractivity contribution in [1.82, 2.24) is 5.32 Å². The highest BCUT2D eigenvalue weighted by atomic mass is 19.4. The lowest BCUT2D eigenvalue weighted by atomic mass is 9.59. The zero-order chi connectivity index (χ0) is 32.3. The maximum atomic E-state index is 13.7. The minimum atomic E-state index is -5.10. The molecule has 7 N–H and O–H groups in total.